The topological polar surface area (TPSA) is 70.6 Å². The highest BCUT2D eigenvalue weighted by Gasteiger charge is 2.39. The first-order valence-electron chi connectivity index (χ1n) is 10.9. The average molecular weight is 451 g/mol. The van der Waals surface area contributed by atoms with E-state index in [1.54, 1.807) is 23.5 Å². The van der Waals surface area contributed by atoms with E-state index in [9.17, 15) is 9.90 Å². The molecule has 0 amide bonds. The van der Waals surface area contributed by atoms with Gasteiger partial charge < -0.3 is 20.5 Å². The predicted octanol–water partition coefficient (Wildman–Crippen LogP) is 6.58. The molecule has 2 heterocycles. The van der Waals surface area contributed by atoms with E-state index in [2.05, 4.69) is 24.5 Å². The number of hydrogen-bond donors (Lipinski definition) is 3. The normalized spacial score (nSPS) is 20.3. The SMILES string of the molecule is C/C=C\C=C(/C)COc1ccc(C2Nc3cccc(O)c3NC3=C2C(=O)CC(C)(C)C3)s1. The van der Waals surface area contributed by atoms with Crippen LogP contribution in [0.4, 0.5) is 11.4 Å². The molecule has 0 radical (unpaired) electrons. The van der Waals surface area contributed by atoms with Gasteiger partial charge >= 0.3 is 0 Å². The number of thiophene rings is 1. The predicted molar refractivity (Wildman–Crippen MR) is 132 cm³/mol. The third-order valence-electron chi connectivity index (χ3n) is 5.73. The number of phenolic OH excluding ortho intramolecular Hbond substituents is 1. The molecule has 1 aromatic carbocycles. The van der Waals surface area contributed by atoms with Gasteiger partial charge in [0.15, 0.2) is 10.8 Å². The highest BCUT2D eigenvalue weighted by molar-refractivity contribution is 7.14. The zero-order valence-corrected chi connectivity index (χ0v) is 19.8. The summed E-state index contributed by atoms with van der Waals surface area (Å²) in [4.78, 5) is 14.3. The van der Waals surface area contributed by atoms with E-state index in [0.29, 0.717) is 18.7 Å². The van der Waals surface area contributed by atoms with E-state index in [1.807, 2.05) is 50.3 Å². The number of Topliss-reactive ketones (excluding diaryl/α,β-unsaturated/α-hetero) is 1. The minimum absolute atomic E-state index is 0.134. The lowest BCUT2D eigenvalue weighted by Crippen LogP contribution is -2.31. The molecule has 0 saturated heterocycles. The van der Waals surface area contributed by atoms with Gasteiger partial charge in [-0.3, -0.25) is 4.79 Å². The van der Waals surface area contributed by atoms with Crippen molar-refractivity contribution in [1.29, 1.82) is 0 Å². The first-order valence-corrected chi connectivity index (χ1v) is 11.7. The molecule has 6 heteroatoms. The molecule has 3 N–H and O–H groups in total. The number of carbonyl (C=O) groups is 1. The van der Waals surface area contributed by atoms with E-state index >= 15 is 0 Å². The Hall–Kier alpha value is -2.99. The zero-order chi connectivity index (χ0) is 22.9. The van der Waals surface area contributed by atoms with E-state index < -0.39 is 0 Å². The number of carbonyl (C=O) groups excluding carboxylic acids is 1. The number of allylic oxidation sites excluding steroid dienone is 4. The number of nitrogens with one attached hydrogen (secondary N) is 2. The standard InChI is InChI=1S/C26H30N2O3S/c1-5-6-8-16(2)15-31-22-12-11-21(32-22)25-23-18(13-26(3,4)14-20(23)30)28-24-17(27-25)9-7-10-19(24)29/h5-12,25,27-29H,13-15H2,1-4H3/b6-5-,16-8+. The van der Waals surface area contributed by atoms with Crippen LogP contribution in [0.2, 0.25) is 0 Å². The van der Waals surface area contributed by atoms with Gasteiger partial charge in [-0.2, -0.15) is 0 Å². The van der Waals surface area contributed by atoms with Gasteiger partial charge in [0.05, 0.1) is 11.7 Å². The number of ketones is 1. The van der Waals surface area contributed by atoms with Crippen molar-refractivity contribution >= 4 is 28.5 Å². The van der Waals surface area contributed by atoms with Gasteiger partial charge in [0, 0.05) is 22.6 Å². The maximum atomic E-state index is 13.3. The van der Waals surface area contributed by atoms with Crippen molar-refractivity contribution < 1.29 is 14.6 Å². The maximum absolute atomic E-state index is 13.3. The number of hydrogen-bond acceptors (Lipinski definition) is 6. The highest BCUT2D eigenvalue weighted by Crippen LogP contribution is 2.48. The molecule has 0 bridgehead atoms. The van der Waals surface area contributed by atoms with Crippen LogP contribution < -0.4 is 15.4 Å². The first-order chi connectivity index (χ1) is 15.3. The van der Waals surface area contributed by atoms with Crippen LogP contribution in [0.1, 0.15) is 51.5 Å². The Kier molecular flexibility index (Phi) is 6.15. The van der Waals surface area contributed by atoms with Gasteiger partial charge in [0.1, 0.15) is 18.0 Å². The highest BCUT2D eigenvalue weighted by atomic mass is 32.1. The lowest BCUT2D eigenvalue weighted by Gasteiger charge is -2.33. The van der Waals surface area contributed by atoms with E-state index in [-0.39, 0.29) is 23.0 Å². The lowest BCUT2D eigenvalue weighted by atomic mass is 9.74. The molecular formula is C26H30N2O3S. The van der Waals surface area contributed by atoms with Crippen LogP contribution in [0.5, 0.6) is 10.8 Å². The largest absolute Gasteiger partial charge is 0.506 e. The van der Waals surface area contributed by atoms with Crippen molar-refractivity contribution in [2.45, 2.75) is 46.6 Å². The summed E-state index contributed by atoms with van der Waals surface area (Å²) in [6.45, 7) is 8.75. The molecule has 0 fully saturated rings. The Labute approximate surface area is 193 Å². The van der Waals surface area contributed by atoms with E-state index in [0.717, 1.165) is 38.9 Å². The molecule has 2 aliphatic rings. The molecule has 1 unspecified atom stereocenters. The number of anilines is 2. The molecule has 1 aliphatic carbocycles. The summed E-state index contributed by atoms with van der Waals surface area (Å²) in [5, 5.41) is 18.2. The lowest BCUT2D eigenvalue weighted by molar-refractivity contribution is -0.118. The van der Waals surface area contributed by atoms with Crippen LogP contribution in [-0.2, 0) is 4.79 Å². The summed E-state index contributed by atoms with van der Waals surface area (Å²) in [6, 6.07) is 9.07. The number of phenols is 1. The number of benzene rings is 1. The summed E-state index contributed by atoms with van der Waals surface area (Å²) >= 11 is 1.54. The third kappa shape index (κ3) is 4.60. The van der Waals surface area contributed by atoms with Gasteiger partial charge in [-0.15, -0.1) is 11.3 Å². The fourth-order valence-electron chi connectivity index (χ4n) is 4.23. The second kappa shape index (κ2) is 8.87. The van der Waals surface area contributed by atoms with Crippen molar-refractivity contribution in [3.8, 4) is 10.8 Å². The van der Waals surface area contributed by atoms with Crippen molar-refractivity contribution in [3.05, 3.63) is 70.3 Å². The minimum Gasteiger partial charge on any atom is -0.506 e. The first kappa shape index (κ1) is 22.2. The average Bonchev–Trinajstić information content (AvgIpc) is 3.13. The summed E-state index contributed by atoms with van der Waals surface area (Å²) < 4.78 is 5.98. The summed E-state index contributed by atoms with van der Waals surface area (Å²) in [6.07, 6.45) is 7.26. The zero-order valence-electron chi connectivity index (χ0n) is 19.0. The molecule has 5 nitrogen and oxygen atoms in total. The van der Waals surface area contributed by atoms with Crippen LogP contribution in [0, 0.1) is 5.41 Å². The van der Waals surface area contributed by atoms with Crippen molar-refractivity contribution in [1.82, 2.24) is 0 Å². The third-order valence-corrected chi connectivity index (χ3v) is 6.79. The fourth-order valence-corrected chi connectivity index (χ4v) is 5.14. The number of para-hydroxylation sites is 1. The quantitative estimate of drug-likeness (QED) is 0.355. The van der Waals surface area contributed by atoms with Gasteiger partial charge in [-0.1, -0.05) is 38.1 Å². The Morgan fingerprint density at radius 3 is 2.88 bits per heavy atom. The van der Waals surface area contributed by atoms with Gasteiger partial charge in [-0.25, -0.2) is 0 Å². The van der Waals surface area contributed by atoms with Crippen LogP contribution in [0.25, 0.3) is 0 Å². The van der Waals surface area contributed by atoms with E-state index in [1.165, 1.54) is 0 Å². The molecule has 32 heavy (non-hydrogen) atoms. The summed E-state index contributed by atoms with van der Waals surface area (Å²) in [5.41, 5.74) is 4.02. The minimum atomic E-state index is -0.300. The van der Waals surface area contributed by atoms with Gasteiger partial charge in [0.25, 0.3) is 0 Å². The van der Waals surface area contributed by atoms with Crippen molar-refractivity contribution in [3.63, 3.8) is 0 Å². The molecule has 0 spiro atoms. The van der Waals surface area contributed by atoms with Gasteiger partial charge in [0.2, 0.25) is 0 Å². The molecule has 2 aromatic rings. The molecule has 168 valence electrons. The second-order valence-corrected chi connectivity index (χ2v) is 10.3. The van der Waals surface area contributed by atoms with Crippen LogP contribution >= 0.6 is 11.3 Å². The fraction of sp³-hybridized carbons (Fsp3) is 0.346. The van der Waals surface area contributed by atoms with Gasteiger partial charge in [-0.05, 0) is 55.5 Å². The second-order valence-electron chi connectivity index (χ2n) is 9.22. The molecule has 1 aliphatic heterocycles. The monoisotopic (exact) mass is 450 g/mol. The van der Waals surface area contributed by atoms with E-state index in [4.69, 9.17) is 4.74 Å². The van der Waals surface area contributed by atoms with Crippen LogP contribution in [0.15, 0.2) is 65.4 Å². The maximum Gasteiger partial charge on any atom is 0.174 e. The molecule has 4 rings (SSSR count). The number of ether oxygens (including phenoxy) is 1. The Morgan fingerprint density at radius 2 is 2.09 bits per heavy atom. The smallest absolute Gasteiger partial charge is 0.174 e. The van der Waals surface area contributed by atoms with Crippen LogP contribution in [-0.4, -0.2) is 17.5 Å². The van der Waals surface area contributed by atoms with Crippen LogP contribution in [0.3, 0.4) is 0 Å². The van der Waals surface area contributed by atoms with Crippen molar-refractivity contribution in [2.75, 3.05) is 17.2 Å². The number of aromatic hydroxyl groups is 1. The molecule has 0 saturated carbocycles. The Balaban J connectivity index is 1.69. The Morgan fingerprint density at radius 1 is 1.28 bits per heavy atom. The molecule has 1 aromatic heterocycles. The number of rotatable bonds is 5. The summed E-state index contributed by atoms with van der Waals surface area (Å²) in [7, 11) is 0. The molecular weight excluding hydrogens is 420 g/mol. The number of fused-ring (bicyclic) bond motifs is 1. The molecule has 1 atom stereocenters. The Bertz CT molecular complexity index is 1120. The summed E-state index contributed by atoms with van der Waals surface area (Å²) in [5.74, 6) is 0.298. The van der Waals surface area contributed by atoms with Crippen molar-refractivity contribution in [2.24, 2.45) is 5.41 Å².